The molecule has 1 aromatic carbocycles. The van der Waals surface area contributed by atoms with Crippen LogP contribution in [0.5, 0.6) is 5.75 Å². The first-order chi connectivity index (χ1) is 10.1. The van der Waals surface area contributed by atoms with Gasteiger partial charge >= 0.3 is 0 Å². The number of ether oxygens (including phenoxy) is 1. The number of thiophene rings is 1. The highest BCUT2D eigenvalue weighted by molar-refractivity contribution is 9.10. The van der Waals surface area contributed by atoms with E-state index in [-0.39, 0.29) is 0 Å². The number of rotatable bonds is 7. The second-order valence-electron chi connectivity index (χ2n) is 5.27. The van der Waals surface area contributed by atoms with E-state index >= 15 is 0 Å². The van der Waals surface area contributed by atoms with Crippen LogP contribution in [-0.2, 0) is 13.2 Å². The SMILES string of the molecule is CCNCc1ccc(COc2ccc(Br)cc2C(C)C)s1. The third-order valence-corrected chi connectivity index (χ3v) is 4.78. The van der Waals surface area contributed by atoms with E-state index in [2.05, 4.69) is 60.2 Å². The van der Waals surface area contributed by atoms with Gasteiger partial charge in [-0.2, -0.15) is 0 Å². The Bertz CT molecular complexity index is 580. The summed E-state index contributed by atoms with van der Waals surface area (Å²) in [5, 5.41) is 3.35. The number of hydrogen-bond donors (Lipinski definition) is 1. The fourth-order valence-electron chi connectivity index (χ4n) is 2.09. The van der Waals surface area contributed by atoms with Crippen molar-refractivity contribution in [2.75, 3.05) is 6.54 Å². The van der Waals surface area contributed by atoms with Gasteiger partial charge in [0.25, 0.3) is 0 Å². The Hall–Kier alpha value is -0.840. The third-order valence-electron chi connectivity index (χ3n) is 3.23. The Kier molecular flexibility index (Phi) is 6.27. The van der Waals surface area contributed by atoms with Gasteiger partial charge in [-0.15, -0.1) is 11.3 Å². The van der Waals surface area contributed by atoms with Crippen molar-refractivity contribution in [1.29, 1.82) is 0 Å². The molecule has 0 aliphatic carbocycles. The van der Waals surface area contributed by atoms with Gasteiger partial charge < -0.3 is 10.1 Å². The average Bonchev–Trinajstić information content (AvgIpc) is 2.91. The normalized spacial score (nSPS) is 11.1. The van der Waals surface area contributed by atoms with Gasteiger partial charge in [0, 0.05) is 20.8 Å². The molecule has 1 N–H and O–H groups in total. The molecule has 1 aromatic heterocycles. The summed E-state index contributed by atoms with van der Waals surface area (Å²) in [7, 11) is 0. The van der Waals surface area contributed by atoms with Gasteiger partial charge in [0.2, 0.25) is 0 Å². The lowest BCUT2D eigenvalue weighted by Gasteiger charge is -2.14. The highest BCUT2D eigenvalue weighted by atomic mass is 79.9. The standard InChI is InChI=1S/C17H22BrNOS/c1-4-19-10-14-6-7-15(21-14)11-20-17-8-5-13(18)9-16(17)12(2)3/h5-9,12,19H,4,10-11H2,1-3H3. The second-order valence-corrected chi connectivity index (χ2v) is 7.44. The van der Waals surface area contributed by atoms with Crippen LogP contribution in [0.15, 0.2) is 34.8 Å². The molecule has 2 rings (SSSR count). The molecule has 114 valence electrons. The van der Waals surface area contributed by atoms with Gasteiger partial charge in [-0.25, -0.2) is 0 Å². The van der Waals surface area contributed by atoms with E-state index in [0.717, 1.165) is 23.3 Å². The molecule has 0 atom stereocenters. The lowest BCUT2D eigenvalue weighted by molar-refractivity contribution is 0.305. The molecule has 0 aliphatic heterocycles. The predicted octanol–water partition coefficient (Wildman–Crippen LogP) is 5.32. The topological polar surface area (TPSA) is 21.3 Å². The van der Waals surface area contributed by atoms with E-state index in [1.54, 1.807) is 0 Å². The van der Waals surface area contributed by atoms with Crippen molar-refractivity contribution in [2.24, 2.45) is 0 Å². The molecule has 0 unspecified atom stereocenters. The maximum absolute atomic E-state index is 6.03. The molecule has 2 nitrogen and oxygen atoms in total. The lowest BCUT2D eigenvalue weighted by Crippen LogP contribution is -2.10. The molecule has 0 amide bonds. The quantitative estimate of drug-likeness (QED) is 0.714. The molecular formula is C17H22BrNOS. The maximum atomic E-state index is 6.03. The summed E-state index contributed by atoms with van der Waals surface area (Å²) in [4.78, 5) is 2.62. The summed E-state index contributed by atoms with van der Waals surface area (Å²) in [6, 6.07) is 10.6. The zero-order chi connectivity index (χ0) is 15.2. The van der Waals surface area contributed by atoms with E-state index in [1.165, 1.54) is 15.3 Å². The summed E-state index contributed by atoms with van der Waals surface area (Å²) >= 11 is 5.34. The van der Waals surface area contributed by atoms with Crippen LogP contribution in [-0.4, -0.2) is 6.54 Å². The first-order valence-corrected chi connectivity index (χ1v) is 8.91. The zero-order valence-corrected chi connectivity index (χ0v) is 15.2. The fraction of sp³-hybridized carbons (Fsp3) is 0.412. The lowest BCUT2D eigenvalue weighted by atomic mass is 10.0. The number of hydrogen-bond acceptors (Lipinski definition) is 3. The molecular weight excluding hydrogens is 346 g/mol. The largest absolute Gasteiger partial charge is 0.488 e. The van der Waals surface area contributed by atoms with E-state index in [0.29, 0.717) is 12.5 Å². The fourth-order valence-corrected chi connectivity index (χ4v) is 3.37. The molecule has 0 fully saturated rings. The highest BCUT2D eigenvalue weighted by Crippen LogP contribution is 2.30. The Balaban J connectivity index is 2.01. The summed E-state index contributed by atoms with van der Waals surface area (Å²) in [6.07, 6.45) is 0. The van der Waals surface area contributed by atoms with Crippen LogP contribution in [0.4, 0.5) is 0 Å². The van der Waals surface area contributed by atoms with Crippen molar-refractivity contribution < 1.29 is 4.74 Å². The summed E-state index contributed by atoms with van der Waals surface area (Å²) < 4.78 is 7.13. The van der Waals surface area contributed by atoms with Gasteiger partial charge in [-0.05, 0) is 48.4 Å². The Labute approximate surface area is 139 Å². The molecule has 0 aliphatic rings. The van der Waals surface area contributed by atoms with Crippen molar-refractivity contribution in [2.45, 2.75) is 39.8 Å². The Morgan fingerprint density at radius 1 is 1.19 bits per heavy atom. The first kappa shape index (κ1) is 16.5. The summed E-state index contributed by atoms with van der Waals surface area (Å²) in [5.41, 5.74) is 1.24. The van der Waals surface area contributed by atoms with Crippen LogP contribution in [0, 0.1) is 0 Å². The molecule has 21 heavy (non-hydrogen) atoms. The van der Waals surface area contributed by atoms with Crippen LogP contribution in [0.3, 0.4) is 0 Å². The third kappa shape index (κ3) is 4.83. The molecule has 0 spiro atoms. The second kappa shape index (κ2) is 7.97. The first-order valence-electron chi connectivity index (χ1n) is 7.30. The molecule has 0 saturated carbocycles. The number of nitrogens with one attached hydrogen (secondary N) is 1. The van der Waals surface area contributed by atoms with Crippen molar-refractivity contribution in [3.63, 3.8) is 0 Å². The Morgan fingerprint density at radius 3 is 2.67 bits per heavy atom. The molecule has 4 heteroatoms. The van der Waals surface area contributed by atoms with Crippen LogP contribution in [0.1, 0.15) is 42.0 Å². The van der Waals surface area contributed by atoms with Crippen molar-refractivity contribution in [3.8, 4) is 5.75 Å². The van der Waals surface area contributed by atoms with Crippen molar-refractivity contribution in [3.05, 3.63) is 50.1 Å². The van der Waals surface area contributed by atoms with Gasteiger partial charge in [0.1, 0.15) is 12.4 Å². The predicted molar refractivity (Wildman–Crippen MR) is 94.3 cm³/mol. The zero-order valence-electron chi connectivity index (χ0n) is 12.8. The highest BCUT2D eigenvalue weighted by Gasteiger charge is 2.09. The van der Waals surface area contributed by atoms with E-state index in [4.69, 9.17) is 4.74 Å². The van der Waals surface area contributed by atoms with E-state index < -0.39 is 0 Å². The molecule has 0 radical (unpaired) electrons. The minimum Gasteiger partial charge on any atom is -0.488 e. The smallest absolute Gasteiger partial charge is 0.123 e. The number of benzene rings is 1. The molecule has 0 bridgehead atoms. The van der Waals surface area contributed by atoms with Crippen molar-refractivity contribution >= 4 is 27.3 Å². The average molecular weight is 368 g/mol. The minimum atomic E-state index is 0.449. The van der Waals surface area contributed by atoms with Crippen LogP contribution in [0.25, 0.3) is 0 Å². The van der Waals surface area contributed by atoms with Crippen LogP contribution >= 0.6 is 27.3 Å². The summed E-state index contributed by atoms with van der Waals surface area (Å²) in [6.45, 7) is 9.08. The molecule has 1 heterocycles. The van der Waals surface area contributed by atoms with Gasteiger partial charge in [-0.1, -0.05) is 36.7 Å². The van der Waals surface area contributed by atoms with Gasteiger partial charge in [-0.3, -0.25) is 0 Å². The van der Waals surface area contributed by atoms with E-state index in [1.807, 2.05) is 23.5 Å². The molecule has 2 aromatic rings. The Morgan fingerprint density at radius 2 is 1.95 bits per heavy atom. The van der Waals surface area contributed by atoms with Gasteiger partial charge in [0.05, 0.1) is 0 Å². The minimum absolute atomic E-state index is 0.449. The van der Waals surface area contributed by atoms with Crippen molar-refractivity contribution in [1.82, 2.24) is 5.32 Å². The van der Waals surface area contributed by atoms with Crippen LogP contribution in [0.2, 0.25) is 0 Å². The maximum Gasteiger partial charge on any atom is 0.123 e. The molecule has 0 saturated heterocycles. The summed E-state index contributed by atoms with van der Waals surface area (Å²) in [5.74, 6) is 1.43. The monoisotopic (exact) mass is 367 g/mol. The van der Waals surface area contributed by atoms with Gasteiger partial charge in [0.15, 0.2) is 0 Å². The van der Waals surface area contributed by atoms with E-state index in [9.17, 15) is 0 Å². The number of halogens is 1. The van der Waals surface area contributed by atoms with Crippen LogP contribution < -0.4 is 10.1 Å².